The van der Waals surface area contributed by atoms with Gasteiger partial charge in [0.25, 0.3) is 0 Å². The van der Waals surface area contributed by atoms with Gasteiger partial charge in [0.2, 0.25) is 0 Å². The maximum atomic E-state index is 11.7. The van der Waals surface area contributed by atoms with Crippen molar-refractivity contribution in [1.29, 1.82) is 0 Å². The molecule has 0 saturated heterocycles. The van der Waals surface area contributed by atoms with Crippen molar-refractivity contribution in [3.8, 4) is 0 Å². The second-order valence-corrected chi connectivity index (χ2v) is 9.71. The summed E-state index contributed by atoms with van der Waals surface area (Å²) in [5.41, 5.74) is 3.86. The summed E-state index contributed by atoms with van der Waals surface area (Å²) in [5, 5.41) is 19.8. The molecule has 2 aromatic rings. The van der Waals surface area contributed by atoms with Crippen LogP contribution in [0.15, 0.2) is 60.7 Å². The Morgan fingerprint density at radius 2 is 0.897 bits per heavy atom. The molecule has 0 heterocycles. The average molecular weight is 586 g/mol. The number of ketones is 2. The van der Waals surface area contributed by atoms with Crippen LogP contribution < -0.4 is 0 Å². The minimum atomic E-state index is 0. The number of aryl methyl sites for hydroxylation is 2. The van der Waals surface area contributed by atoms with Gasteiger partial charge in [-0.25, -0.2) is 0 Å². The molecule has 0 aromatic heterocycles. The molecular formula is C34H48O4Zn. The van der Waals surface area contributed by atoms with Gasteiger partial charge in [0.1, 0.15) is 11.5 Å². The molecule has 0 unspecified atom stereocenters. The largest absolute Gasteiger partial charge is 0.507 e. The van der Waals surface area contributed by atoms with Gasteiger partial charge in [-0.3, -0.25) is 9.59 Å². The molecule has 0 bridgehead atoms. The fourth-order valence-corrected chi connectivity index (χ4v) is 3.89. The van der Waals surface area contributed by atoms with E-state index in [-0.39, 0.29) is 42.6 Å². The smallest absolute Gasteiger partial charge is 0.159 e. The Labute approximate surface area is 249 Å². The van der Waals surface area contributed by atoms with E-state index in [4.69, 9.17) is 0 Å². The molecule has 210 valence electrons. The Bertz CT molecular complexity index is 921. The molecule has 2 rings (SSSR count). The van der Waals surface area contributed by atoms with E-state index in [0.717, 1.165) is 38.5 Å². The van der Waals surface area contributed by atoms with Gasteiger partial charge < -0.3 is 10.2 Å². The van der Waals surface area contributed by atoms with Crippen molar-refractivity contribution in [2.75, 3.05) is 0 Å². The molecular weight excluding hydrogens is 538 g/mol. The van der Waals surface area contributed by atoms with E-state index in [1.165, 1.54) is 49.0 Å². The quantitative estimate of drug-likeness (QED) is 0.0890. The predicted molar refractivity (Wildman–Crippen MR) is 160 cm³/mol. The van der Waals surface area contributed by atoms with E-state index in [2.05, 4.69) is 27.7 Å². The van der Waals surface area contributed by atoms with Crippen LogP contribution in [0, 0.1) is 0 Å². The summed E-state index contributed by atoms with van der Waals surface area (Å²) in [6, 6.07) is 15.3. The maximum absolute atomic E-state index is 11.7. The third-order valence-corrected chi connectivity index (χ3v) is 6.46. The van der Waals surface area contributed by atoms with E-state index in [0.29, 0.717) is 24.0 Å². The third kappa shape index (κ3) is 16.2. The van der Waals surface area contributed by atoms with Gasteiger partial charge in [0.05, 0.1) is 0 Å². The molecule has 0 atom stereocenters. The van der Waals surface area contributed by atoms with Crippen LogP contribution in [0.1, 0.15) is 114 Å². The number of aliphatic hydroxyl groups excluding tert-OH is 2. The van der Waals surface area contributed by atoms with Crippen LogP contribution >= 0.6 is 0 Å². The number of carbonyl (C=O) groups is 2. The topological polar surface area (TPSA) is 74.6 Å². The van der Waals surface area contributed by atoms with Gasteiger partial charge >= 0.3 is 0 Å². The van der Waals surface area contributed by atoms with Crippen molar-refractivity contribution < 1.29 is 39.3 Å². The first-order chi connectivity index (χ1) is 18.3. The van der Waals surface area contributed by atoms with E-state index in [1.807, 2.05) is 48.5 Å². The van der Waals surface area contributed by atoms with Crippen molar-refractivity contribution in [1.82, 2.24) is 0 Å². The van der Waals surface area contributed by atoms with Gasteiger partial charge in [-0.1, -0.05) is 115 Å². The second-order valence-electron chi connectivity index (χ2n) is 9.71. The number of carbonyl (C=O) groups excluding carboxylic acids is 2. The fourth-order valence-electron chi connectivity index (χ4n) is 3.89. The van der Waals surface area contributed by atoms with Gasteiger partial charge in [-0.2, -0.15) is 0 Å². The Morgan fingerprint density at radius 3 is 1.18 bits per heavy atom. The summed E-state index contributed by atoms with van der Waals surface area (Å²) in [4.78, 5) is 23.4. The zero-order chi connectivity index (χ0) is 28.2. The standard InChI is InChI=1S/2C17H24O2.Zn/c2*1-3-5-6-7-8-16(18)13-17(19)15-11-9-14(4-2)10-12-15;/h2*9-13,19H,3-8H2,1-2H3;/b2*17-13-;. The number of hydrogen-bond donors (Lipinski definition) is 2. The predicted octanol–water partition coefficient (Wildman–Crippen LogP) is 9.37. The van der Waals surface area contributed by atoms with E-state index < -0.39 is 0 Å². The fraction of sp³-hybridized carbons (Fsp3) is 0.471. The molecule has 0 radical (unpaired) electrons. The van der Waals surface area contributed by atoms with Crippen molar-refractivity contribution in [3.63, 3.8) is 0 Å². The Kier molecular flexibility index (Phi) is 20.9. The zero-order valence-corrected chi connectivity index (χ0v) is 27.6. The van der Waals surface area contributed by atoms with Crippen LogP contribution in [-0.2, 0) is 41.9 Å². The Hall–Kier alpha value is -2.52. The molecule has 0 spiro atoms. The third-order valence-electron chi connectivity index (χ3n) is 6.46. The van der Waals surface area contributed by atoms with Gasteiger partial charge in [-0.05, 0) is 36.8 Å². The molecule has 0 fully saturated rings. The van der Waals surface area contributed by atoms with Crippen LogP contribution in [0.2, 0.25) is 0 Å². The summed E-state index contributed by atoms with van der Waals surface area (Å²) in [7, 11) is 0. The second kappa shape index (κ2) is 22.3. The number of unbranched alkanes of at least 4 members (excludes halogenated alkanes) is 6. The van der Waals surface area contributed by atoms with Crippen LogP contribution in [0.4, 0.5) is 0 Å². The van der Waals surface area contributed by atoms with E-state index in [1.54, 1.807) is 0 Å². The number of benzene rings is 2. The SMILES string of the molecule is CCCCCCC(=O)/C=C(\O)c1ccc(CC)cc1.CCCCCCC(=O)/C=C(\O)c1ccc(CC)cc1.[Zn]. The first kappa shape index (κ1) is 36.5. The van der Waals surface area contributed by atoms with Gasteiger partial charge in [-0.15, -0.1) is 0 Å². The van der Waals surface area contributed by atoms with Crippen LogP contribution in [0.25, 0.3) is 11.5 Å². The molecule has 0 aliphatic rings. The Morgan fingerprint density at radius 1 is 0.564 bits per heavy atom. The monoisotopic (exact) mass is 584 g/mol. The molecule has 0 aliphatic carbocycles. The average Bonchev–Trinajstić information content (AvgIpc) is 2.94. The number of hydrogen-bond acceptors (Lipinski definition) is 4. The molecule has 2 N–H and O–H groups in total. The van der Waals surface area contributed by atoms with Crippen molar-refractivity contribution in [2.24, 2.45) is 0 Å². The van der Waals surface area contributed by atoms with Crippen LogP contribution in [-0.4, -0.2) is 21.8 Å². The van der Waals surface area contributed by atoms with Crippen LogP contribution in [0.3, 0.4) is 0 Å². The number of rotatable bonds is 16. The van der Waals surface area contributed by atoms with E-state index in [9.17, 15) is 19.8 Å². The minimum absolute atomic E-state index is 0. The first-order valence-corrected chi connectivity index (χ1v) is 14.4. The number of allylic oxidation sites excluding steroid dienone is 2. The summed E-state index contributed by atoms with van der Waals surface area (Å²) in [6.07, 6.45) is 14.4. The van der Waals surface area contributed by atoms with Crippen LogP contribution in [0.5, 0.6) is 0 Å². The molecule has 0 saturated carbocycles. The van der Waals surface area contributed by atoms with E-state index >= 15 is 0 Å². The molecule has 0 amide bonds. The van der Waals surface area contributed by atoms with Crippen molar-refractivity contribution in [3.05, 3.63) is 82.9 Å². The zero-order valence-electron chi connectivity index (χ0n) is 24.7. The molecule has 39 heavy (non-hydrogen) atoms. The van der Waals surface area contributed by atoms with Crippen molar-refractivity contribution >= 4 is 23.1 Å². The molecule has 5 heteroatoms. The number of aliphatic hydroxyl groups is 2. The molecule has 2 aromatic carbocycles. The van der Waals surface area contributed by atoms with Gasteiger partial charge in [0.15, 0.2) is 11.6 Å². The summed E-state index contributed by atoms with van der Waals surface area (Å²) < 4.78 is 0. The van der Waals surface area contributed by atoms with Gasteiger partial charge in [0, 0.05) is 55.6 Å². The molecule has 4 nitrogen and oxygen atoms in total. The Balaban J connectivity index is 0.000000722. The van der Waals surface area contributed by atoms with Crippen molar-refractivity contribution in [2.45, 2.75) is 105 Å². The summed E-state index contributed by atoms with van der Waals surface area (Å²) in [6.45, 7) is 8.47. The summed E-state index contributed by atoms with van der Waals surface area (Å²) >= 11 is 0. The normalized spacial score (nSPS) is 11.3. The first-order valence-electron chi connectivity index (χ1n) is 14.4. The molecule has 0 aliphatic heterocycles. The minimum Gasteiger partial charge on any atom is -0.507 e. The summed E-state index contributed by atoms with van der Waals surface area (Å²) in [5.74, 6) is 0.160. The maximum Gasteiger partial charge on any atom is 0.159 e.